The molecule has 42 heavy (non-hydrogen) atoms. The van der Waals surface area contributed by atoms with Crippen LogP contribution in [0.15, 0.2) is 48.5 Å². The van der Waals surface area contributed by atoms with Crippen LogP contribution in [0.5, 0.6) is 0 Å². The summed E-state index contributed by atoms with van der Waals surface area (Å²) in [4.78, 5) is 67.7. The molecule has 4 atom stereocenters. The van der Waals surface area contributed by atoms with E-state index in [9.17, 15) is 34.2 Å². The van der Waals surface area contributed by atoms with Gasteiger partial charge in [-0.1, -0.05) is 50.2 Å². The number of nitrogens with one attached hydrogen (secondary N) is 3. The van der Waals surface area contributed by atoms with Gasteiger partial charge in [-0.2, -0.15) is 0 Å². The first-order valence-corrected chi connectivity index (χ1v) is 13.5. The highest BCUT2D eigenvalue weighted by molar-refractivity contribution is 6.50. The molecule has 1 aliphatic rings. The van der Waals surface area contributed by atoms with Crippen molar-refractivity contribution in [3.63, 3.8) is 0 Å². The third kappa shape index (κ3) is 8.14. The molecule has 13 nitrogen and oxygen atoms in total. The number of carboxylic acids is 1. The predicted molar refractivity (Wildman–Crippen MR) is 151 cm³/mol. The van der Waals surface area contributed by atoms with Crippen LogP contribution in [0.2, 0.25) is 0 Å². The smallest absolute Gasteiger partial charge is 0.508 e. The van der Waals surface area contributed by atoms with Gasteiger partial charge < -0.3 is 35.5 Å². The van der Waals surface area contributed by atoms with Gasteiger partial charge in [0.05, 0.1) is 30.6 Å². The largest absolute Gasteiger partial charge is 0.552 e. The molecule has 1 saturated heterocycles. The van der Waals surface area contributed by atoms with Gasteiger partial charge in [0, 0.05) is 12.6 Å². The van der Waals surface area contributed by atoms with Crippen molar-refractivity contribution in [3.8, 4) is 11.3 Å². The summed E-state index contributed by atoms with van der Waals surface area (Å²) in [6, 6.07) is 12.6. The summed E-state index contributed by atoms with van der Waals surface area (Å²) < 4.78 is 11.1. The fourth-order valence-corrected chi connectivity index (χ4v) is 4.62. The van der Waals surface area contributed by atoms with Gasteiger partial charge in [0.1, 0.15) is 11.7 Å². The number of hydrogen-bond acceptors (Lipinski definition) is 9. The van der Waals surface area contributed by atoms with Gasteiger partial charge in [0.25, 0.3) is 17.8 Å². The van der Waals surface area contributed by atoms with Crippen molar-refractivity contribution < 1.29 is 43.5 Å². The number of aliphatic hydroxyl groups is 1. The van der Waals surface area contributed by atoms with E-state index in [1.54, 1.807) is 12.1 Å². The number of aliphatic carboxylic acids is 1. The normalized spacial score (nSPS) is 18.8. The lowest BCUT2D eigenvalue weighted by Crippen LogP contribution is -2.64. The van der Waals surface area contributed by atoms with Gasteiger partial charge >= 0.3 is 13.1 Å². The van der Waals surface area contributed by atoms with Crippen LogP contribution in [0.1, 0.15) is 50.5 Å². The highest BCUT2D eigenvalue weighted by atomic mass is 16.6. The molecule has 5 N–H and O–H groups in total. The fraction of sp³-hybridized carbons (Fsp3) is 0.429. The number of benzene rings is 1. The Morgan fingerprint density at radius 2 is 1.74 bits per heavy atom. The van der Waals surface area contributed by atoms with Crippen LogP contribution in [0.25, 0.3) is 11.3 Å². The SMILES string of the molecule is CNC(=O)[C@]1(CC(=O)O)CC(=O)OB([C@H](CC(C)C)NC(=O)C(NC(=O)c2cccc(-c3ccccc3)n2)[C@@H](C)O)O1. The lowest BCUT2D eigenvalue weighted by molar-refractivity contribution is -0.164. The Morgan fingerprint density at radius 3 is 2.33 bits per heavy atom. The quantitative estimate of drug-likeness (QED) is 0.223. The zero-order valence-electron chi connectivity index (χ0n) is 23.8. The van der Waals surface area contributed by atoms with Crippen LogP contribution in [0, 0.1) is 5.92 Å². The van der Waals surface area contributed by atoms with Crippen LogP contribution in [-0.2, 0) is 28.5 Å². The fourth-order valence-electron chi connectivity index (χ4n) is 4.62. The summed E-state index contributed by atoms with van der Waals surface area (Å²) >= 11 is 0. The van der Waals surface area contributed by atoms with Gasteiger partial charge in [0.2, 0.25) is 5.91 Å². The molecule has 224 valence electrons. The maximum atomic E-state index is 13.4. The first kappa shape index (κ1) is 32.2. The number of carboxylic acid groups (broad SMARTS) is 1. The third-order valence-corrected chi connectivity index (χ3v) is 6.58. The van der Waals surface area contributed by atoms with E-state index in [2.05, 4.69) is 20.9 Å². The topological polar surface area (TPSA) is 193 Å². The highest BCUT2D eigenvalue weighted by Gasteiger charge is 2.54. The number of carbonyl (C=O) groups is 5. The Labute approximate surface area is 243 Å². The maximum Gasteiger partial charge on any atom is 0.552 e. The molecule has 14 heteroatoms. The Morgan fingerprint density at radius 1 is 1.05 bits per heavy atom. The van der Waals surface area contributed by atoms with Crippen molar-refractivity contribution >= 4 is 36.8 Å². The second-order valence-electron chi connectivity index (χ2n) is 10.5. The molecule has 0 saturated carbocycles. The molecule has 0 spiro atoms. The first-order chi connectivity index (χ1) is 19.8. The molecule has 3 rings (SSSR count). The van der Waals surface area contributed by atoms with Gasteiger partial charge in [-0.15, -0.1) is 0 Å². The van der Waals surface area contributed by atoms with E-state index >= 15 is 0 Å². The predicted octanol–water partition coefficient (Wildman–Crippen LogP) is 0.709. The van der Waals surface area contributed by atoms with Crippen LogP contribution in [0.4, 0.5) is 0 Å². The summed E-state index contributed by atoms with van der Waals surface area (Å²) in [6.45, 7) is 4.97. The zero-order chi connectivity index (χ0) is 31.0. The van der Waals surface area contributed by atoms with E-state index in [4.69, 9.17) is 9.31 Å². The van der Waals surface area contributed by atoms with E-state index in [-0.39, 0.29) is 18.0 Å². The molecular weight excluding hydrogens is 547 g/mol. The van der Waals surface area contributed by atoms with E-state index in [1.807, 2.05) is 44.2 Å². The Hall–Kier alpha value is -4.30. The van der Waals surface area contributed by atoms with E-state index in [0.29, 0.717) is 5.69 Å². The lowest BCUT2D eigenvalue weighted by Gasteiger charge is -2.39. The number of amides is 3. The lowest BCUT2D eigenvalue weighted by atomic mass is 9.70. The summed E-state index contributed by atoms with van der Waals surface area (Å²) in [7, 11) is -0.249. The molecule has 0 radical (unpaired) electrons. The number of pyridine rings is 1. The van der Waals surface area contributed by atoms with Crippen molar-refractivity contribution in [1.82, 2.24) is 20.9 Å². The average Bonchev–Trinajstić information content (AvgIpc) is 2.94. The third-order valence-electron chi connectivity index (χ3n) is 6.58. The van der Waals surface area contributed by atoms with Crippen LogP contribution >= 0.6 is 0 Å². The van der Waals surface area contributed by atoms with Gasteiger partial charge in [-0.25, -0.2) is 4.98 Å². The molecule has 0 aliphatic carbocycles. The monoisotopic (exact) mass is 582 g/mol. The number of rotatable bonds is 12. The summed E-state index contributed by atoms with van der Waals surface area (Å²) in [5, 5.41) is 27.3. The first-order valence-electron chi connectivity index (χ1n) is 13.5. The van der Waals surface area contributed by atoms with Crippen molar-refractivity contribution in [1.29, 1.82) is 0 Å². The Bertz CT molecular complexity index is 1300. The summed E-state index contributed by atoms with van der Waals surface area (Å²) in [5.74, 6) is -5.77. The number of aromatic nitrogens is 1. The van der Waals surface area contributed by atoms with Crippen molar-refractivity contribution in [2.24, 2.45) is 5.92 Å². The second kappa shape index (κ2) is 14.1. The van der Waals surface area contributed by atoms with Crippen molar-refractivity contribution in [3.05, 3.63) is 54.2 Å². The molecular formula is C28H35BN4O9. The molecule has 3 amide bonds. The van der Waals surface area contributed by atoms with Crippen LogP contribution in [0.3, 0.4) is 0 Å². The Kier molecular flexibility index (Phi) is 10.8. The molecule has 1 aromatic carbocycles. The number of hydrogen-bond donors (Lipinski definition) is 5. The molecule has 2 heterocycles. The zero-order valence-corrected chi connectivity index (χ0v) is 23.8. The van der Waals surface area contributed by atoms with E-state index in [0.717, 1.165) is 5.56 Å². The molecule has 1 aromatic heterocycles. The number of carbonyl (C=O) groups excluding carboxylic acids is 4. The standard InChI is InChI=1S/C28H35BN4O9/c1-16(2)13-21(29-41-23(37)15-28(42-29,14-22(35)36)27(40)30-4)32-26(39)24(17(3)34)33-25(38)20-12-8-11-19(31-20)18-9-6-5-7-10-18/h5-12,16-17,21,24,34H,13-15H2,1-4H3,(H,30,40)(H,32,39)(H,33,38)(H,35,36)/t17-,21+,24?,28+/m1/s1. The number of aliphatic hydroxyl groups excluding tert-OH is 1. The minimum Gasteiger partial charge on any atom is -0.508 e. The number of nitrogens with zero attached hydrogens (tertiary/aromatic N) is 1. The number of likely N-dealkylation sites (N-methyl/N-ethyl adjacent to an activating group) is 1. The van der Waals surface area contributed by atoms with Gasteiger partial charge in [-0.05, 0) is 31.4 Å². The van der Waals surface area contributed by atoms with Crippen molar-refractivity contribution in [2.75, 3.05) is 7.05 Å². The van der Waals surface area contributed by atoms with Gasteiger partial charge in [0.15, 0.2) is 5.60 Å². The molecule has 1 aliphatic heterocycles. The highest BCUT2D eigenvalue weighted by Crippen LogP contribution is 2.30. The maximum absolute atomic E-state index is 13.4. The van der Waals surface area contributed by atoms with Gasteiger partial charge in [-0.3, -0.25) is 24.0 Å². The Balaban J connectivity index is 1.83. The van der Waals surface area contributed by atoms with Crippen LogP contribution < -0.4 is 16.0 Å². The van der Waals surface area contributed by atoms with Crippen LogP contribution in [-0.4, -0.2) is 82.7 Å². The molecule has 1 fully saturated rings. The minimum atomic E-state index is -2.06. The van der Waals surface area contributed by atoms with E-state index in [1.165, 1.54) is 20.0 Å². The van der Waals surface area contributed by atoms with E-state index < -0.39 is 73.3 Å². The summed E-state index contributed by atoms with van der Waals surface area (Å²) in [5.41, 5.74) is -0.725. The molecule has 2 aromatic rings. The molecule has 0 bridgehead atoms. The summed E-state index contributed by atoms with van der Waals surface area (Å²) in [6.07, 6.45) is -2.62. The molecule has 1 unspecified atom stereocenters. The average molecular weight is 582 g/mol. The van der Waals surface area contributed by atoms with Crippen molar-refractivity contribution in [2.45, 2.75) is 63.7 Å². The second-order valence-corrected chi connectivity index (χ2v) is 10.5. The minimum absolute atomic E-state index is 0.0158.